The summed E-state index contributed by atoms with van der Waals surface area (Å²) >= 11 is 0. The molecule has 34 heavy (non-hydrogen) atoms. The van der Waals surface area contributed by atoms with Crippen molar-refractivity contribution >= 4 is 17.0 Å². The minimum atomic E-state index is -0.239. The van der Waals surface area contributed by atoms with Crippen LogP contribution in [0.4, 0.5) is 4.39 Å². The van der Waals surface area contributed by atoms with Crippen LogP contribution in [0.3, 0.4) is 0 Å². The van der Waals surface area contributed by atoms with Gasteiger partial charge in [-0.05, 0) is 62.9 Å². The Hall–Kier alpha value is -2.98. The highest BCUT2D eigenvalue weighted by molar-refractivity contribution is 5.83. The van der Waals surface area contributed by atoms with Crippen molar-refractivity contribution in [1.82, 2.24) is 4.98 Å². The molecule has 0 saturated carbocycles. The van der Waals surface area contributed by atoms with Gasteiger partial charge in [0, 0.05) is 23.1 Å². The molecule has 3 rings (SSSR count). The van der Waals surface area contributed by atoms with Crippen molar-refractivity contribution in [1.29, 1.82) is 0 Å². The van der Waals surface area contributed by atoms with Crippen LogP contribution in [0.2, 0.25) is 0 Å². The molecule has 1 atom stereocenters. The lowest BCUT2D eigenvalue weighted by molar-refractivity contribution is 0.0566. The van der Waals surface area contributed by atoms with Crippen molar-refractivity contribution in [3.8, 4) is 17.0 Å². The maximum atomic E-state index is 14.7. The fourth-order valence-corrected chi connectivity index (χ4v) is 3.78. The second-order valence-corrected chi connectivity index (χ2v) is 8.61. The van der Waals surface area contributed by atoms with Crippen LogP contribution < -0.4 is 4.74 Å². The second-order valence-electron chi connectivity index (χ2n) is 8.61. The van der Waals surface area contributed by atoms with E-state index in [1.165, 1.54) is 12.8 Å². The standard InChI is InChI=1S/C30H36FNO2/c1-4-6-10-20-33-23(3)11-8-7-9-12-24-13-14-26(22-28(24)31)29-17-15-25-21-27(34-19-5-2)16-18-30(25)32-29/h5,9,12-18,21-23H,2,4,6-8,10-11,19-20H2,1,3H3. The van der Waals surface area contributed by atoms with E-state index in [1.54, 1.807) is 12.1 Å². The van der Waals surface area contributed by atoms with Gasteiger partial charge in [-0.15, -0.1) is 0 Å². The van der Waals surface area contributed by atoms with E-state index in [1.807, 2.05) is 54.6 Å². The number of allylic oxidation sites excluding steroid dienone is 1. The summed E-state index contributed by atoms with van der Waals surface area (Å²) in [4.78, 5) is 4.70. The molecule has 0 saturated heterocycles. The molecule has 1 aromatic heterocycles. The van der Waals surface area contributed by atoms with E-state index in [0.29, 0.717) is 12.2 Å². The summed E-state index contributed by atoms with van der Waals surface area (Å²) in [7, 11) is 0. The molecule has 0 aliphatic carbocycles. The molecule has 3 nitrogen and oxygen atoms in total. The summed E-state index contributed by atoms with van der Waals surface area (Å²) in [6.45, 7) is 9.30. The molecular formula is C30H36FNO2. The van der Waals surface area contributed by atoms with E-state index in [-0.39, 0.29) is 11.9 Å². The van der Waals surface area contributed by atoms with Gasteiger partial charge in [0.05, 0.1) is 17.3 Å². The summed E-state index contributed by atoms with van der Waals surface area (Å²) in [5.74, 6) is 0.537. The van der Waals surface area contributed by atoms with Gasteiger partial charge in [0.15, 0.2) is 0 Å². The summed E-state index contributed by atoms with van der Waals surface area (Å²) in [6, 6.07) is 14.9. The maximum absolute atomic E-state index is 14.7. The Labute approximate surface area is 203 Å². The summed E-state index contributed by atoms with van der Waals surface area (Å²) < 4.78 is 26.1. The van der Waals surface area contributed by atoms with Crippen LogP contribution in [0, 0.1) is 5.82 Å². The Morgan fingerprint density at radius 2 is 1.94 bits per heavy atom. The van der Waals surface area contributed by atoms with Crippen LogP contribution in [0.15, 0.2) is 67.3 Å². The van der Waals surface area contributed by atoms with Crippen LogP contribution in [-0.4, -0.2) is 24.3 Å². The lowest BCUT2D eigenvalue weighted by Crippen LogP contribution is -2.08. The monoisotopic (exact) mass is 461 g/mol. The van der Waals surface area contributed by atoms with Gasteiger partial charge in [-0.2, -0.15) is 0 Å². The van der Waals surface area contributed by atoms with Crippen LogP contribution >= 0.6 is 0 Å². The Morgan fingerprint density at radius 1 is 1.06 bits per heavy atom. The zero-order valence-electron chi connectivity index (χ0n) is 20.4. The quantitative estimate of drug-likeness (QED) is 0.178. The number of aromatic nitrogens is 1. The predicted octanol–water partition coefficient (Wildman–Crippen LogP) is 8.38. The molecule has 0 radical (unpaired) electrons. The van der Waals surface area contributed by atoms with Gasteiger partial charge in [-0.1, -0.05) is 62.8 Å². The Balaban J connectivity index is 1.55. The van der Waals surface area contributed by atoms with E-state index < -0.39 is 0 Å². The predicted molar refractivity (Wildman–Crippen MR) is 141 cm³/mol. The van der Waals surface area contributed by atoms with Gasteiger partial charge < -0.3 is 9.47 Å². The fraction of sp³-hybridized carbons (Fsp3) is 0.367. The van der Waals surface area contributed by atoms with Crippen LogP contribution in [-0.2, 0) is 4.74 Å². The highest BCUT2D eigenvalue weighted by Crippen LogP contribution is 2.26. The molecule has 0 fully saturated rings. The van der Waals surface area contributed by atoms with E-state index in [2.05, 4.69) is 20.4 Å². The molecule has 4 heteroatoms. The first-order chi connectivity index (χ1) is 16.6. The molecule has 0 N–H and O–H groups in total. The number of pyridine rings is 1. The van der Waals surface area contributed by atoms with Gasteiger partial charge in [0.1, 0.15) is 18.2 Å². The molecule has 0 bridgehead atoms. The van der Waals surface area contributed by atoms with Crippen molar-refractivity contribution < 1.29 is 13.9 Å². The summed E-state index contributed by atoms with van der Waals surface area (Å²) in [5, 5.41) is 0.978. The Kier molecular flexibility index (Phi) is 10.3. The third-order valence-corrected chi connectivity index (χ3v) is 5.75. The molecular weight excluding hydrogens is 425 g/mol. The third kappa shape index (κ3) is 7.81. The van der Waals surface area contributed by atoms with E-state index in [4.69, 9.17) is 14.5 Å². The number of hydrogen-bond acceptors (Lipinski definition) is 3. The molecule has 1 unspecified atom stereocenters. The number of benzene rings is 2. The van der Waals surface area contributed by atoms with Gasteiger partial charge in [0.25, 0.3) is 0 Å². The van der Waals surface area contributed by atoms with Gasteiger partial charge >= 0.3 is 0 Å². The van der Waals surface area contributed by atoms with Crippen molar-refractivity contribution in [2.75, 3.05) is 13.2 Å². The van der Waals surface area contributed by atoms with Gasteiger partial charge in [0.2, 0.25) is 0 Å². The van der Waals surface area contributed by atoms with Crippen LogP contribution in [0.25, 0.3) is 28.2 Å². The molecule has 0 aliphatic rings. The van der Waals surface area contributed by atoms with Gasteiger partial charge in [-0.3, -0.25) is 0 Å². The lowest BCUT2D eigenvalue weighted by atomic mass is 10.1. The lowest BCUT2D eigenvalue weighted by Gasteiger charge is -2.12. The highest BCUT2D eigenvalue weighted by atomic mass is 19.1. The molecule has 1 heterocycles. The average Bonchev–Trinajstić information content (AvgIpc) is 2.85. The zero-order chi connectivity index (χ0) is 24.2. The normalized spacial score (nSPS) is 12.3. The van der Waals surface area contributed by atoms with Crippen LogP contribution in [0.5, 0.6) is 5.75 Å². The van der Waals surface area contributed by atoms with E-state index in [0.717, 1.165) is 60.2 Å². The third-order valence-electron chi connectivity index (χ3n) is 5.75. The number of halogens is 1. The fourth-order valence-electron chi connectivity index (χ4n) is 3.78. The minimum Gasteiger partial charge on any atom is -0.490 e. The largest absolute Gasteiger partial charge is 0.490 e. The second kappa shape index (κ2) is 13.7. The summed E-state index contributed by atoms with van der Waals surface area (Å²) in [6.07, 6.45) is 12.4. The maximum Gasteiger partial charge on any atom is 0.131 e. The first-order valence-electron chi connectivity index (χ1n) is 12.3. The number of fused-ring (bicyclic) bond motifs is 1. The number of ether oxygens (including phenoxy) is 2. The molecule has 0 aliphatic heterocycles. The van der Waals surface area contributed by atoms with Crippen molar-refractivity contribution in [2.45, 2.75) is 58.5 Å². The molecule has 180 valence electrons. The Bertz CT molecular complexity index is 1090. The Morgan fingerprint density at radius 3 is 2.74 bits per heavy atom. The number of hydrogen-bond donors (Lipinski definition) is 0. The number of unbranched alkanes of at least 4 members (excludes halogenated alkanes) is 3. The summed E-state index contributed by atoms with van der Waals surface area (Å²) in [5.41, 5.74) is 2.95. The molecule has 0 amide bonds. The number of rotatable bonds is 14. The van der Waals surface area contributed by atoms with Crippen molar-refractivity contribution in [3.05, 3.63) is 78.6 Å². The van der Waals surface area contributed by atoms with Crippen LogP contribution in [0.1, 0.15) is 57.9 Å². The minimum absolute atomic E-state index is 0.239. The molecule has 2 aromatic carbocycles. The average molecular weight is 462 g/mol. The SMILES string of the molecule is C=CCOc1ccc2nc(-c3ccc(C=CCCCC(C)OCCCCC)c(F)c3)ccc2c1. The molecule has 0 spiro atoms. The van der Waals surface area contributed by atoms with Crippen molar-refractivity contribution in [2.24, 2.45) is 0 Å². The molecule has 3 aromatic rings. The topological polar surface area (TPSA) is 31.4 Å². The van der Waals surface area contributed by atoms with Gasteiger partial charge in [-0.25, -0.2) is 9.37 Å². The first-order valence-corrected chi connectivity index (χ1v) is 12.3. The number of nitrogens with zero attached hydrogens (tertiary/aromatic N) is 1. The first kappa shape index (κ1) is 25.6. The highest BCUT2D eigenvalue weighted by Gasteiger charge is 2.07. The van der Waals surface area contributed by atoms with E-state index >= 15 is 0 Å². The van der Waals surface area contributed by atoms with E-state index in [9.17, 15) is 4.39 Å². The van der Waals surface area contributed by atoms with Crippen molar-refractivity contribution in [3.63, 3.8) is 0 Å². The zero-order valence-corrected chi connectivity index (χ0v) is 20.4. The smallest absolute Gasteiger partial charge is 0.131 e.